The predicted octanol–water partition coefficient (Wildman–Crippen LogP) is 5.60. The quantitative estimate of drug-likeness (QED) is 0.248. The van der Waals surface area contributed by atoms with Crippen LogP contribution in [0.4, 0.5) is 0 Å². The largest absolute Gasteiger partial charge is 0.396 e. The van der Waals surface area contributed by atoms with Crippen molar-refractivity contribution in [2.24, 2.45) is 5.92 Å². The molecule has 0 radical (unpaired) electrons. The topological polar surface area (TPSA) is 60.7 Å². The molecular weight excluding hydrogens is 312 g/mol. The fraction of sp³-hybridized carbons (Fsp3) is 1.00. The van der Waals surface area contributed by atoms with Crippen LogP contribution in [0.5, 0.6) is 0 Å². The van der Waals surface area contributed by atoms with Gasteiger partial charge in [-0.15, -0.1) is 0 Å². The molecule has 25 heavy (non-hydrogen) atoms. The first-order chi connectivity index (χ1) is 12.3. The second-order valence-corrected chi connectivity index (χ2v) is 7.71. The molecule has 0 bridgehead atoms. The summed E-state index contributed by atoms with van der Waals surface area (Å²) in [7, 11) is 0. The summed E-state index contributed by atoms with van der Waals surface area (Å²) < 4.78 is 0. The molecule has 0 saturated heterocycles. The van der Waals surface area contributed by atoms with Crippen LogP contribution in [0.2, 0.25) is 0 Å². The van der Waals surface area contributed by atoms with Gasteiger partial charge >= 0.3 is 0 Å². The maximum absolute atomic E-state index is 10.4. The van der Waals surface area contributed by atoms with Crippen LogP contribution in [0.25, 0.3) is 0 Å². The molecule has 0 aromatic rings. The van der Waals surface area contributed by atoms with Crippen molar-refractivity contribution in [2.75, 3.05) is 13.2 Å². The van der Waals surface area contributed by atoms with Crippen molar-refractivity contribution in [1.82, 2.24) is 0 Å². The molecule has 3 heteroatoms. The van der Waals surface area contributed by atoms with Crippen LogP contribution in [0.15, 0.2) is 0 Å². The van der Waals surface area contributed by atoms with Crippen molar-refractivity contribution < 1.29 is 15.3 Å². The highest BCUT2D eigenvalue weighted by Crippen LogP contribution is 2.22. The Morgan fingerprint density at radius 3 is 1.28 bits per heavy atom. The Bertz CT molecular complexity index is 245. The van der Waals surface area contributed by atoms with Gasteiger partial charge < -0.3 is 15.3 Å². The number of rotatable bonds is 20. The van der Waals surface area contributed by atoms with Gasteiger partial charge in [-0.3, -0.25) is 0 Å². The van der Waals surface area contributed by atoms with Gasteiger partial charge in [0.05, 0.1) is 6.10 Å². The number of unbranched alkanes of at least 4 members (excludes halogenated alkanes) is 12. The third-order valence-corrected chi connectivity index (χ3v) is 5.46. The van der Waals surface area contributed by atoms with Gasteiger partial charge in [0.2, 0.25) is 0 Å². The third-order valence-electron chi connectivity index (χ3n) is 5.46. The van der Waals surface area contributed by atoms with E-state index in [2.05, 4.69) is 6.92 Å². The van der Waals surface area contributed by atoms with Crippen molar-refractivity contribution in [3.05, 3.63) is 0 Å². The van der Waals surface area contributed by atoms with E-state index < -0.39 is 0 Å². The number of hydrogen-bond donors (Lipinski definition) is 3. The lowest BCUT2D eigenvalue weighted by Gasteiger charge is -2.21. The van der Waals surface area contributed by atoms with Crippen molar-refractivity contribution in [2.45, 2.75) is 122 Å². The predicted molar refractivity (Wildman–Crippen MR) is 108 cm³/mol. The van der Waals surface area contributed by atoms with Crippen LogP contribution in [0.1, 0.15) is 116 Å². The molecule has 0 spiro atoms. The van der Waals surface area contributed by atoms with E-state index in [1.165, 1.54) is 70.6 Å². The molecule has 3 nitrogen and oxygen atoms in total. The molecule has 0 rings (SSSR count). The van der Waals surface area contributed by atoms with Gasteiger partial charge in [0.1, 0.15) is 0 Å². The lowest BCUT2D eigenvalue weighted by molar-refractivity contribution is 0.0872. The van der Waals surface area contributed by atoms with E-state index in [9.17, 15) is 5.11 Å². The summed E-state index contributed by atoms with van der Waals surface area (Å²) in [5, 5.41) is 27.9. The van der Waals surface area contributed by atoms with Gasteiger partial charge in [-0.2, -0.15) is 0 Å². The molecule has 0 aromatic heterocycles. The Morgan fingerprint density at radius 1 is 0.520 bits per heavy atom. The van der Waals surface area contributed by atoms with E-state index in [0.717, 1.165) is 38.5 Å². The maximum atomic E-state index is 10.4. The van der Waals surface area contributed by atoms with E-state index in [1.54, 1.807) is 0 Å². The zero-order valence-electron chi connectivity index (χ0n) is 16.9. The summed E-state index contributed by atoms with van der Waals surface area (Å²) >= 11 is 0. The molecule has 0 aromatic carbocycles. The van der Waals surface area contributed by atoms with Gasteiger partial charge in [-0.25, -0.2) is 0 Å². The van der Waals surface area contributed by atoms with Crippen LogP contribution in [-0.2, 0) is 0 Å². The van der Waals surface area contributed by atoms with E-state index in [-0.39, 0.29) is 6.10 Å². The summed E-state index contributed by atoms with van der Waals surface area (Å²) in [5.41, 5.74) is 0. The lowest BCUT2D eigenvalue weighted by Crippen LogP contribution is -2.19. The van der Waals surface area contributed by atoms with E-state index in [0.29, 0.717) is 19.1 Å². The Labute approximate surface area is 157 Å². The van der Waals surface area contributed by atoms with Crippen molar-refractivity contribution in [3.63, 3.8) is 0 Å². The van der Waals surface area contributed by atoms with E-state index in [4.69, 9.17) is 10.2 Å². The average molecular weight is 359 g/mol. The highest BCUT2D eigenvalue weighted by molar-refractivity contribution is 4.68. The lowest BCUT2D eigenvalue weighted by atomic mass is 9.89. The second kappa shape index (κ2) is 20.2. The molecule has 0 amide bonds. The summed E-state index contributed by atoms with van der Waals surface area (Å²) in [6.07, 6.45) is 19.9. The Hall–Kier alpha value is -0.120. The Balaban J connectivity index is 3.49. The molecule has 0 saturated carbocycles. The minimum absolute atomic E-state index is 0.110. The second-order valence-electron chi connectivity index (χ2n) is 7.71. The van der Waals surface area contributed by atoms with Crippen molar-refractivity contribution in [1.29, 1.82) is 0 Å². The van der Waals surface area contributed by atoms with Crippen molar-refractivity contribution in [3.8, 4) is 0 Å². The van der Waals surface area contributed by atoms with Gasteiger partial charge in [-0.1, -0.05) is 90.4 Å². The molecule has 3 N–H and O–H groups in total. The van der Waals surface area contributed by atoms with E-state index in [1.807, 2.05) is 0 Å². The Morgan fingerprint density at radius 2 is 0.880 bits per heavy atom. The normalized spacial score (nSPS) is 13.9. The molecule has 152 valence electrons. The Kier molecular flexibility index (Phi) is 20.1. The molecule has 2 unspecified atom stereocenters. The zero-order chi connectivity index (χ0) is 18.6. The van der Waals surface area contributed by atoms with Crippen LogP contribution < -0.4 is 0 Å². The van der Waals surface area contributed by atoms with Gasteiger partial charge in [0, 0.05) is 13.2 Å². The van der Waals surface area contributed by atoms with Crippen LogP contribution >= 0.6 is 0 Å². The summed E-state index contributed by atoms with van der Waals surface area (Å²) in [5.74, 6) is 0.485. The number of hydrogen-bond acceptors (Lipinski definition) is 3. The standard InChI is InChI=1S/C22H46O3/c1-2-21(17-13-9-5-3-4-7-11-15-19-23)22(25)18-14-10-6-8-12-16-20-24/h21-25H,2-20H2,1H3. The highest BCUT2D eigenvalue weighted by atomic mass is 16.3. The molecular formula is C22H46O3. The maximum Gasteiger partial charge on any atom is 0.0568 e. The summed E-state index contributed by atoms with van der Waals surface area (Å²) in [6.45, 7) is 2.87. The van der Waals surface area contributed by atoms with Crippen LogP contribution in [0, 0.1) is 5.92 Å². The van der Waals surface area contributed by atoms with Crippen LogP contribution in [-0.4, -0.2) is 34.6 Å². The average Bonchev–Trinajstić information content (AvgIpc) is 2.62. The van der Waals surface area contributed by atoms with Crippen LogP contribution in [0.3, 0.4) is 0 Å². The fourth-order valence-electron chi connectivity index (χ4n) is 3.66. The number of aliphatic hydroxyl groups excluding tert-OH is 3. The highest BCUT2D eigenvalue weighted by Gasteiger charge is 2.16. The smallest absolute Gasteiger partial charge is 0.0568 e. The fourth-order valence-corrected chi connectivity index (χ4v) is 3.66. The molecule has 0 aliphatic rings. The number of aliphatic hydroxyl groups is 3. The molecule has 0 aliphatic carbocycles. The summed E-state index contributed by atoms with van der Waals surface area (Å²) in [6, 6.07) is 0. The van der Waals surface area contributed by atoms with Gasteiger partial charge in [0.15, 0.2) is 0 Å². The van der Waals surface area contributed by atoms with E-state index >= 15 is 0 Å². The zero-order valence-corrected chi connectivity index (χ0v) is 16.9. The monoisotopic (exact) mass is 358 g/mol. The third kappa shape index (κ3) is 17.1. The van der Waals surface area contributed by atoms with Gasteiger partial charge in [-0.05, 0) is 31.6 Å². The summed E-state index contributed by atoms with van der Waals surface area (Å²) in [4.78, 5) is 0. The minimum atomic E-state index is -0.110. The first-order valence-corrected chi connectivity index (χ1v) is 11.2. The van der Waals surface area contributed by atoms with Gasteiger partial charge in [0.25, 0.3) is 0 Å². The van der Waals surface area contributed by atoms with Crippen molar-refractivity contribution >= 4 is 0 Å². The SMILES string of the molecule is CCC(CCCCCCCCCCO)C(O)CCCCCCCCO. The molecule has 0 heterocycles. The molecule has 0 aliphatic heterocycles. The first-order valence-electron chi connectivity index (χ1n) is 11.2. The molecule has 0 fully saturated rings. The molecule has 2 atom stereocenters. The minimum Gasteiger partial charge on any atom is -0.396 e. The first kappa shape index (κ1) is 24.9.